The lowest BCUT2D eigenvalue weighted by molar-refractivity contribution is 0.0528. The van der Waals surface area contributed by atoms with Crippen LogP contribution in [-0.2, 0) is 11.2 Å². The summed E-state index contributed by atoms with van der Waals surface area (Å²) < 4.78 is 15.6. The van der Waals surface area contributed by atoms with Crippen LogP contribution in [0.1, 0.15) is 26.3 Å². The van der Waals surface area contributed by atoms with E-state index in [0.717, 1.165) is 10.5 Å². The Morgan fingerprint density at radius 3 is 2.29 bits per heavy atom. The molecule has 6 heteroatoms. The number of hydrogen-bond donors (Lipinski definition) is 2. The Labute approximate surface area is 131 Å². The van der Waals surface area contributed by atoms with Crippen molar-refractivity contribution in [3.05, 3.63) is 17.7 Å². The number of rotatable bonds is 5. The molecule has 0 radical (unpaired) electrons. The van der Waals surface area contributed by atoms with Crippen molar-refractivity contribution in [3.8, 4) is 11.5 Å². The number of methoxy groups -OCH3 is 2. The first-order valence-corrected chi connectivity index (χ1v) is 7.12. The van der Waals surface area contributed by atoms with Gasteiger partial charge in [0.15, 0.2) is 11.5 Å². The molecule has 0 bridgehead atoms. The lowest BCUT2D eigenvalue weighted by atomic mass is 10.1. The molecule has 1 aromatic rings. The van der Waals surface area contributed by atoms with E-state index < -0.39 is 11.7 Å². The molecule has 0 aliphatic heterocycles. The molecule has 21 heavy (non-hydrogen) atoms. The molecule has 0 aromatic heterocycles. The Morgan fingerprint density at radius 1 is 1.19 bits per heavy atom. The van der Waals surface area contributed by atoms with Crippen LogP contribution in [-0.4, -0.2) is 32.5 Å². The van der Waals surface area contributed by atoms with Crippen molar-refractivity contribution in [1.29, 1.82) is 0 Å². The first-order chi connectivity index (χ1) is 9.76. The summed E-state index contributed by atoms with van der Waals surface area (Å²) in [6.45, 7) is 5.93. The molecule has 0 fully saturated rings. The first kappa shape index (κ1) is 17.5. The van der Waals surface area contributed by atoms with Gasteiger partial charge >= 0.3 is 6.09 Å². The largest absolute Gasteiger partial charge is 0.493 e. The second-order valence-corrected chi connectivity index (χ2v) is 6.00. The van der Waals surface area contributed by atoms with Gasteiger partial charge in [0.05, 0.1) is 14.2 Å². The second-order valence-electron chi connectivity index (χ2n) is 5.51. The molecule has 0 saturated carbocycles. The third-order valence-corrected chi connectivity index (χ3v) is 3.06. The molecule has 1 amide bonds. The number of carbonyl (C=O) groups is 1. The molecule has 0 heterocycles. The number of ether oxygens (including phenoxy) is 3. The van der Waals surface area contributed by atoms with Crippen LogP contribution in [0.3, 0.4) is 0 Å². The van der Waals surface area contributed by atoms with Crippen molar-refractivity contribution in [2.24, 2.45) is 0 Å². The second kappa shape index (κ2) is 7.45. The normalized spacial score (nSPS) is 11.0. The van der Waals surface area contributed by atoms with Crippen molar-refractivity contribution in [2.75, 3.05) is 20.8 Å². The fourth-order valence-corrected chi connectivity index (χ4v) is 2.02. The molecule has 5 nitrogen and oxygen atoms in total. The van der Waals surface area contributed by atoms with Gasteiger partial charge in [0.25, 0.3) is 0 Å². The lowest BCUT2D eigenvalue weighted by Crippen LogP contribution is -2.33. The van der Waals surface area contributed by atoms with E-state index in [1.807, 2.05) is 26.8 Å². The van der Waals surface area contributed by atoms with E-state index in [0.29, 0.717) is 24.5 Å². The van der Waals surface area contributed by atoms with E-state index >= 15 is 0 Å². The van der Waals surface area contributed by atoms with Gasteiger partial charge in [-0.2, -0.15) is 0 Å². The van der Waals surface area contributed by atoms with Crippen molar-refractivity contribution < 1.29 is 19.0 Å². The molecule has 118 valence electrons. The first-order valence-electron chi connectivity index (χ1n) is 6.67. The van der Waals surface area contributed by atoms with Gasteiger partial charge in [-0.05, 0) is 44.9 Å². The molecule has 0 aliphatic rings. The average molecular weight is 313 g/mol. The van der Waals surface area contributed by atoms with Crippen molar-refractivity contribution in [3.63, 3.8) is 0 Å². The predicted octanol–water partition coefficient (Wildman–Crippen LogP) is 3.06. The quantitative estimate of drug-likeness (QED) is 0.820. The van der Waals surface area contributed by atoms with E-state index in [4.69, 9.17) is 14.2 Å². The highest BCUT2D eigenvalue weighted by Crippen LogP contribution is 2.32. The molecular formula is C15H23NO4S. The van der Waals surface area contributed by atoms with Crippen LogP contribution in [0.15, 0.2) is 17.0 Å². The lowest BCUT2D eigenvalue weighted by Gasteiger charge is -2.19. The molecule has 0 spiro atoms. The number of carbonyl (C=O) groups excluding carboxylic acids is 1. The highest BCUT2D eigenvalue weighted by atomic mass is 32.1. The molecule has 0 atom stereocenters. The van der Waals surface area contributed by atoms with E-state index in [9.17, 15) is 4.79 Å². The molecule has 0 aliphatic carbocycles. The fraction of sp³-hybridized carbons (Fsp3) is 0.533. The Bertz CT molecular complexity index is 497. The molecular weight excluding hydrogens is 290 g/mol. The standard InChI is InChI=1S/C15H23NO4S/c1-15(2,3)20-14(17)16-7-6-10-8-11(18-4)12(19-5)9-13(10)21/h8-9,21H,6-7H2,1-5H3,(H,16,17). The third kappa shape index (κ3) is 5.75. The van der Waals surface area contributed by atoms with Crippen LogP contribution >= 0.6 is 12.6 Å². The number of thiol groups is 1. The Hall–Kier alpha value is -1.56. The summed E-state index contributed by atoms with van der Waals surface area (Å²) in [5.41, 5.74) is 0.467. The van der Waals surface area contributed by atoms with E-state index in [1.54, 1.807) is 20.3 Å². The summed E-state index contributed by atoms with van der Waals surface area (Å²) in [6, 6.07) is 3.66. The topological polar surface area (TPSA) is 56.8 Å². The van der Waals surface area contributed by atoms with Gasteiger partial charge in [0, 0.05) is 11.4 Å². The maximum atomic E-state index is 11.6. The number of benzene rings is 1. The molecule has 0 unspecified atom stereocenters. The Balaban J connectivity index is 2.62. The van der Waals surface area contributed by atoms with Crippen LogP contribution in [0.25, 0.3) is 0 Å². The minimum Gasteiger partial charge on any atom is -0.493 e. The summed E-state index contributed by atoms with van der Waals surface area (Å²) in [6.07, 6.45) is 0.196. The van der Waals surface area contributed by atoms with Crippen LogP contribution in [0.4, 0.5) is 4.79 Å². The monoisotopic (exact) mass is 313 g/mol. The minimum absolute atomic E-state index is 0.427. The zero-order chi connectivity index (χ0) is 16.0. The fourth-order valence-electron chi connectivity index (χ4n) is 1.72. The highest BCUT2D eigenvalue weighted by Gasteiger charge is 2.16. The summed E-state index contributed by atoms with van der Waals surface area (Å²) in [5, 5.41) is 2.71. The molecule has 1 aromatic carbocycles. The number of nitrogens with one attached hydrogen (secondary N) is 1. The smallest absolute Gasteiger partial charge is 0.407 e. The Morgan fingerprint density at radius 2 is 1.76 bits per heavy atom. The SMILES string of the molecule is COc1cc(S)c(CCNC(=O)OC(C)(C)C)cc1OC. The van der Waals surface area contributed by atoms with Crippen LogP contribution in [0.5, 0.6) is 11.5 Å². The number of amides is 1. The van der Waals surface area contributed by atoms with Crippen LogP contribution in [0.2, 0.25) is 0 Å². The maximum Gasteiger partial charge on any atom is 0.407 e. The highest BCUT2D eigenvalue weighted by molar-refractivity contribution is 7.80. The van der Waals surface area contributed by atoms with Gasteiger partial charge in [-0.3, -0.25) is 0 Å². The van der Waals surface area contributed by atoms with Crippen molar-refractivity contribution in [2.45, 2.75) is 37.7 Å². The van der Waals surface area contributed by atoms with Gasteiger partial charge in [0.2, 0.25) is 0 Å². The summed E-state index contributed by atoms with van der Waals surface area (Å²) in [4.78, 5) is 12.4. The van der Waals surface area contributed by atoms with Gasteiger partial charge in [0.1, 0.15) is 5.60 Å². The molecule has 1 N–H and O–H groups in total. The maximum absolute atomic E-state index is 11.6. The summed E-state index contributed by atoms with van der Waals surface area (Å²) in [7, 11) is 3.16. The van der Waals surface area contributed by atoms with Crippen molar-refractivity contribution in [1.82, 2.24) is 5.32 Å². The van der Waals surface area contributed by atoms with Crippen LogP contribution in [0, 0.1) is 0 Å². The number of hydrogen-bond acceptors (Lipinski definition) is 5. The Kier molecular flexibility index (Phi) is 6.20. The van der Waals surface area contributed by atoms with Gasteiger partial charge in [-0.1, -0.05) is 0 Å². The van der Waals surface area contributed by atoms with E-state index in [1.165, 1.54) is 0 Å². The van der Waals surface area contributed by atoms with E-state index in [2.05, 4.69) is 17.9 Å². The van der Waals surface area contributed by atoms with Gasteiger partial charge < -0.3 is 19.5 Å². The minimum atomic E-state index is -0.498. The predicted molar refractivity (Wildman–Crippen MR) is 84.7 cm³/mol. The summed E-state index contributed by atoms with van der Waals surface area (Å²) in [5.74, 6) is 1.27. The average Bonchev–Trinajstić information content (AvgIpc) is 2.38. The number of alkyl carbamates (subject to hydrolysis) is 1. The molecule has 1 rings (SSSR count). The van der Waals surface area contributed by atoms with Gasteiger partial charge in [-0.25, -0.2) is 4.79 Å². The zero-order valence-electron chi connectivity index (χ0n) is 13.1. The van der Waals surface area contributed by atoms with Crippen molar-refractivity contribution >= 4 is 18.7 Å². The molecule has 0 saturated heterocycles. The van der Waals surface area contributed by atoms with Crippen LogP contribution < -0.4 is 14.8 Å². The summed E-state index contributed by atoms with van der Waals surface area (Å²) >= 11 is 4.42. The zero-order valence-corrected chi connectivity index (χ0v) is 14.0. The van der Waals surface area contributed by atoms with Gasteiger partial charge in [-0.15, -0.1) is 12.6 Å². The third-order valence-electron chi connectivity index (χ3n) is 2.65. The van der Waals surface area contributed by atoms with E-state index in [-0.39, 0.29) is 0 Å².